The maximum absolute atomic E-state index is 13.6. The smallest absolute Gasteiger partial charge is 0.260 e. The molecule has 7 heteroatoms. The van der Waals surface area contributed by atoms with Crippen molar-refractivity contribution >= 4 is 11.7 Å². The van der Waals surface area contributed by atoms with E-state index in [0.717, 1.165) is 6.07 Å². The van der Waals surface area contributed by atoms with Crippen LogP contribution in [0, 0.1) is 28.5 Å². The van der Waals surface area contributed by atoms with Gasteiger partial charge in [0, 0.05) is 19.2 Å². The monoisotopic (exact) mass is 317 g/mol. The fourth-order valence-electron chi connectivity index (χ4n) is 1.84. The summed E-state index contributed by atoms with van der Waals surface area (Å²) in [5.41, 5.74) is -0.0478. The molecule has 1 rings (SSSR count). The molecule has 0 aliphatic heterocycles. The van der Waals surface area contributed by atoms with Gasteiger partial charge in [-0.05, 0) is 19.1 Å². The lowest BCUT2D eigenvalue weighted by Crippen LogP contribution is -2.36. The largest absolute Gasteiger partial charge is 0.484 e. The molecule has 0 fully saturated rings. The highest BCUT2D eigenvalue weighted by Crippen LogP contribution is 2.17. The van der Waals surface area contributed by atoms with E-state index in [9.17, 15) is 14.0 Å². The highest BCUT2D eigenvalue weighted by atomic mass is 19.1. The van der Waals surface area contributed by atoms with Crippen LogP contribution in [0.25, 0.3) is 0 Å². The Morgan fingerprint density at radius 3 is 2.30 bits per heavy atom. The van der Waals surface area contributed by atoms with Gasteiger partial charge in [0.1, 0.15) is 11.6 Å². The zero-order valence-corrected chi connectivity index (χ0v) is 12.7. The maximum Gasteiger partial charge on any atom is 0.260 e. The van der Waals surface area contributed by atoms with Crippen molar-refractivity contribution in [1.82, 2.24) is 4.90 Å². The molecule has 23 heavy (non-hydrogen) atoms. The van der Waals surface area contributed by atoms with Crippen LogP contribution >= 0.6 is 0 Å². The van der Waals surface area contributed by atoms with E-state index in [1.54, 1.807) is 0 Å². The standard InChI is InChI=1S/C16H16FN3O3/c1-12(21)14-5-4-13(10-15(14)17)23-11-16(22)20(8-2-6-18)9-3-7-19/h4-5,10H,2-3,8-9,11H2,1H3. The molecule has 0 aliphatic rings. The van der Waals surface area contributed by atoms with Crippen molar-refractivity contribution < 1.29 is 18.7 Å². The molecule has 0 saturated carbocycles. The molecular weight excluding hydrogens is 301 g/mol. The third-order valence-electron chi connectivity index (χ3n) is 3.02. The Bertz CT molecular complexity index is 644. The van der Waals surface area contributed by atoms with Crippen molar-refractivity contribution in [3.63, 3.8) is 0 Å². The molecule has 0 aliphatic carbocycles. The van der Waals surface area contributed by atoms with E-state index in [2.05, 4.69) is 0 Å². The van der Waals surface area contributed by atoms with Crippen molar-refractivity contribution in [2.24, 2.45) is 0 Å². The van der Waals surface area contributed by atoms with Crippen LogP contribution in [0.1, 0.15) is 30.1 Å². The lowest BCUT2D eigenvalue weighted by atomic mass is 10.1. The van der Waals surface area contributed by atoms with Crippen molar-refractivity contribution in [2.45, 2.75) is 19.8 Å². The molecular formula is C16H16FN3O3. The zero-order chi connectivity index (χ0) is 17.2. The van der Waals surface area contributed by atoms with Crippen LogP contribution in [-0.4, -0.2) is 36.3 Å². The van der Waals surface area contributed by atoms with Crippen LogP contribution in [0.4, 0.5) is 4.39 Å². The molecule has 0 radical (unpaired) electrons. The van der Waals surface area contributed by atoms with Gasteiger partial charge in [-0.3, -0.25) is 9.59 Å². The number of ketones is 1. The van der Waals surface area contributed by atoms with Crippen molar-refractivity contribution in [1.29, 1.82) is 10.5 Å². The lowest BCUT2D eigenvalue weighted by molar-refractivity contribution is -0.133. The fraction of sp³-hybridized carbons (Fsp3) is 0.375. The number of carbonyl (C=O) groups excluding carboxylic acids is 2. The predicted octanol–water partition coefficient (Wildman–Crippen LogP) is 2.06. The average Bonchev–Trinajstić information content (AvgIpc) is 2.52. The first-order chi connectivity index (χ1) is 11.0. The first-order valence-corrected chi connectivity index (χ1v) is 6.94. The molecule has 0 heterocycles. The minimum atomic E-state index is -0.715. The van der Waals surface area contributed by atoms with Crippen molar-refractivity contribution in [2.75, 3.05) is 19.7 Å². The average molecular weight is 317 g/mol. The van der Waals surface area contributed by atoms with Crippen LogP contribution in [0.5, 0.6) is 5.75 Å². The third-order valence-corrected chi connectivity index (χ3v) is 3.02. The third kappa shape index (κ3) is 5.76. The van der Waals surface area contributed by atoms with Crippen LogP contribution < -0.4 is 4.74 Å². The van der Waals surface area contributed by atoms with Crippen LogP contribution in [0.3, 0.4) is 0 Å². The molecule has 1 aromatic carbocycles. The van der Waals surface area contributed by atoms with E-state index in [1.165, 1.54) is 24.0 Å². The van der Waals surface area contributed by atoms with E-state index in [-0.39, 0.29) is 43.9 Å². The summed E-state index contributed by atoms with van der Waals surface area (Å²) >= 11 is 0. The van der Waals surface area contributed by atoms with Crippen molar-refractivity contribution in [3.8, 4) is 17.9 Å². The quantitative estimate of drug-likeness (QED) is 0.684. The first-order valence-electron chi connectivity index (χ1n) is 6.94. The number of nitriles is 2. The number of hydrogen-bond donors (Lipinski definition) is 0. The highest BCUT2D eigenvalue weighted by Gasteiger charge is 2.14. The summed E-state index contributed by atoms with van der Waals surface area (Å²) in [5, 5.41) is 17.2. The lowest BCUT2D eigenvalue weighted by Gasteiger charge is -2.20. The fourth-order valence-corrected chi connectivity index (χ4v) is 1.84. The molecule has 120 valence electrons. The van der Waals surface area contributed by atoms with Gasteiger partial charge in [0.05, 0.1) is 30.5 Å². The summed E-state index contributed by atoms with van der Waals surface area (Å²) < 4.78 is 18.9. The van der Waals surface area contributed by atoms with Gasteiger partial charge in [0.25, 0.3) is 5.91 Å². The second-order valence-electron chi connectivity index (χ2n) is 4.68. The maximum atomic E-state index is 13.6. The molecule has 0 N–H and O–H groups in total. The Labute approximate surface area is 133 Å². The Balaban J connectivity index is 2.66. The minimum absolute atomic E-state index is 0.0478. The number of carbonyl (C=O) groups is 2. The molecule has 0 atom stereocenters. The normalized spacial score (nSPS) is 9.57. The number of halogens is 1. The molecule has 6 nitrogen and oxygen atoms in total. The van der Waals surface area contributed by atoms with E-state index in [0.29, 0.717) is 0 Å². The number of hydrogen-bond acceptors (Lipinski definition) is 5. The van der Waals surface area contributed by atoms with Gasteiger partial charge >= 0.3 is 0 Å². The topological polar surface area (TPSA) is 94.2 Å². The Morgan fingerprint density at radius 2 is 1.83 bits per heavy atom. The van der Waals surface area contributed by atoms with Crippen LogP contribution in [-0.2, 0) is 4.79 Å². The van der Waals surface area contributed by atoms with Gasteiger partial charge in [-0.2, -0.15) is 10.5 Å². The van der Waals surface area contributed by atoms with Gasteiger partial charge in [-0.15, -0.1) is 0 Å². The minimum Gasteiger partial charge on any atom is -0.484 e. The van der Waals surface area contributed by atoms with Gasteiger partial charge in [0.2, 0.25) is 0 Å². The van der Waals surface area contributed by atoms with E-state index < -0.39 is 17.5 Å². The number of rotatable bonds is 8. The number of amides is 1. The van der Waals surface area contributed by atoms with E-state index in [1.807, 2.05) is 12.1 Å². The van der Waals surface area contributed by atoms with Gasteiger partial charge < -0.3 is 9.64 Å². The zero-order valence-electron chi connectivity index (χ0n) is 12.7. The molecule has 1 aromatic rings. The summed E-state index contributed by atoms with van der Waals surface area (Å²) in [6, 6.07) is 7.59. The van der Waals surface area contributed by atoms with E-state index in [4.69, 9.17) is 15.3 Å². The number of nitrogens with zero attached hydrogens (tertiary/aromatic N) is 3. The molecule has 0 saturated heterocycles. The van der Waals surface area contributed by atoms with Gasteiger partial charge in [-0.1, -0.05) is 0 Å². The number of Topliss-reactive ketones (excluding diaryl/α,β-unsaturated/α-hetero) is 1. The van der Waals surface area contributed by atoms with Crippen LogP contribution in [0.2, 0.25) is 0 Å². The van der Waals surface area contributed by atoms with Crippen LogP contribution in [0.15, 0.2) is 18.2 Å². The SMILES string of the molecule is CC(=O)c1ccc(OCC(=O)N(CCC#N)CCC#N)cc1F. The Kier molecular flexibility index (Phi) is 7.22. The Morgan fingerprint density at radius 1 is 1.22 bits per heavy atom. The van der Waals surface area contributed by atoms with Gasteiger partial charge in [0.15, 0.2) is 12.4 Å². The second kappa shape index (κ2) is 9.16. The predicted molar refractivity (Wildman–Crippen MR) is 78.9 cm³/mol. The molecule has 0 aromatic heterocycles. The molecule has 0 bridgehead atoms. The summed E-state index contributed by atoms with van der Waals surface area (Å²) in [4.78, 5) is 24.5. The Hall–Kier alpha value is -2.93. The summed E-state index contributed by atoms with van der Waals surface area (Å²) in [5.74, 6) is -1.38. The summed E-state index contributed by atoms with van der Waals surface area (Å²) in [6.45, 7) is 1.33. The van der Waals surface area contributed by atoms with E-state index >= 15 is 0 Å². The summed E-state index contributed by atoms with van der Waals surface area (Å²) in [6.07, 6.45) is 0.304. The highest BCUT2D eigenvalue weighted by molar-refractivity contribution is 5.94. The second-order valence-corrected chi connectivity index (χ2v) is 4.68. The molecule has 0 spiro atoms. The first kappa shape index (κ1) is 18.1. The van der Waals surface area contributed by atoms with Gasteiger partial charge in [-0.25, -0.2) is 4.39 Å². The summed E-state index contributed by atoms with van der Waals surface area (Å²) in [7, 11) is 0. The van der Waals surface area contributed by atoms with Crippen molar-refractivity contribution in [3.05, 3.63) is 29.6 Å². The molecule has 1 amide bonds. The molecule has 0 unspecified atom stereocenters. The number of benzene rings is 1. The number of ether oxygens (including phenoxy) is 1.